The van der Waals surface area contributed by atoms with Crippen molar-refractivity contribution < 1.29 is 23.9 Å². The minimum atomic E-state index is -0.681. The highest BCUT2D eigenvalue weighted by Crippen LogP contribution is 2.33. The Morgan fingerprint density at radius 3 is 2.57 bits per heavy atom. The summed E-state index contributed by atoms with van der Waals surface area (Å²) in [5.41, 5.74) is 8.08. The first-order chi connectivity index (χ1) is 16.7. The van der Waals surface area contributed by atoms with Gasteiger partial charge < -0.3 is 25.1 Å². The van der Waals surface area contributed by atoms with Crippen LogP contribution in [0.1, 0.15) is 49.5 Å². The molecule has 2 aromatic heterocycles. The maximum absolute atomic E-state index is 12.7. The zero-order valence-electron chi connectivity index (χ0n) is 20.1. The third-order valence-corrected chi connectivity index (χ3v) is 7.56. The van der Waals surface area contributed by atoms with E-state index >= 15 is 0 Å². The number of primary amides is 1. The summed E-state index contributed by atoms with van der Waals surface area (Å²) in [5.74, 6) is -0.278. The van der Waals surface area contributed by atoms with Gasteiger partial charge in [-0.2, -0.15) is 0 Å². The van der Waals surface area contributed by atoms with E-state index in [0.717, 1.165) is 28.2 Å². The minimum Gasteiger partial charge on any atom is -0.485 e. The van der Waals surface area contributed by atoms with E-state index in [1.165, 1.54) is 18.9 Å². The number of thiophene rings is 1. The molecule has 0 aliphatic heterocycles. The molecule has 0 radical (unpaired) electrons. The second kappa shape index (κ2) is 11.4. The molecule has 0 aliphatic rings. The van der Waals surface area contributed by atoms with Gasteiger partial charge in [0.25, 0.3) is 5.91 Å². The number of nitrogens with zero attached hydrogens (tertiary/aromatic N) is 3. The first-order valence-electron chi connectivity index (χ1n) is 10.7. The predicted octanol–water partition coefficient (Wildman–Crippen LogP) is 3.48. The molecule has 186 valence electrons. The van der Waals surface area contributed by atoms with Crippen LogP contribution < -0.4 is 15.8 Å². The van der Waals surface area contributed by atoms with Gasteiger partial charge in [-0.1, -0.05) is 23.9 Å². The van der Waals surface area contributed by atoms with Crippen LogP contribution in [0.2, 0.25) is 0 Å². The molecule has 35 heavy (non-hydrogen) atoms. The number of amides is 2. The highest BCUT2D eigenvalue weighted by atomic mass is 32.2. The van der Waals surface area contributed by atoms with Crippen LogP contribution in [0.3, 0.4) is 0 Å². The number of nitrogens with two attached hydrogens (primary N) is 1. The number of hydrogen-bond donors (Lipinski definition) is 2. The molecule has 0 spiro atoms. The fourth-order valence-corrected chi connectivity index (χ4v) is 5.23. The molecule has 3 aromatic rings. The molecule has 0 fully saturated rings. The number of methoxy groups -OCH3 is 1. The molecule has 2 heterocycles. The number of carbonyl (C=O) groups excluding carboxylic acids is 3. The molecule has 0 atom stereocenters. The van der Waals surface area contributed by atoms with Crippen molar-refractivity contribution in [2.24, 2.45) is 5.73 Å². The first kappa shape index (κ1) is 26.2. The van der Waals surface area contributed by atoms with E-state index in [4.69, 9.17) is 15.2 Å². The van der Waals surface area contributed by atoms with Gasteiger partial charge in [-0.15, -0.1) is 21.5 Å². The van der Waals surface area contributed by atoms with Crippen molar-refractivity contribution in [1.29, 1.82) is 0 Å². The molecule has 3 rings (SSSR count). The number of esters is 1. The molecule has 2 amide bonds. The van der Waals surface area contributed by atoms with Crippen LogP contribution >= 0.6 is 23.1 Å². The zero-order valence-corrected chi connectivity index (χ0v) is 21.8. The van der Waals surface area contributed by atoms with E-state index in [1.54, 1.807) is 6.92 Å². The maximum Gasteiger partial charge on any atom is 0.341 e. The van der Waals surface area contributed by atoms with Crippen LogP contribution in [-0.2, 0) is 22.7 Å². The van der Waals surface area contributed by atoms with Crippen molar-refractivity contribution in [1.82, 2.24) is 14.8 Å². The topological polar surface area (TPSA) is 138 Å². The minimum absolute atomic E-state index is 0.0133. The number of carbonyl (C=O) groups is 3. The molecule has 0 unspecified atom stereocenters. The largest absolute Gasteiger partial charge is 0.485 e. The average Bonchev–Trinajstić information content (AvgIpc) is 3.37. The van der Waals surface area contributed by atoms with E-state index in [0.29, 0.717) is 23.1 Å². The van der Waals surface area contributed by atoms with E-state index in [-0.39, 0.29) is 33.7 Å². The van der Waals surface area contributed by atoms with Crippen LogP contribution in [0.25, 0.3) is 0 Å². The number of anilines is 1. The number of aromatic nitrogens is 3. The van der Waals surface area contributed by atoms with Crippen LogP contribution in [0.4, 0.5) is 5.00 Å². The number of rotatable bonds is 10. The van der Waals surface area contributed by atoms with Gasteiger partial charge in [-0.3, -0.25) is 9.59 Å². The van der Waals surface area contributed by atoms with Gasteiger partial charge in [0.2, 0.25) is 5.91 Å². The van der Waals surface area contributed by atoms with Gasteiger partial charge in [0.1, 0.15) is 17.4 Å². The maximum atomic E-state index is 12.7. The van der Waals surface area contributed by atoms with Gasteiger partial charge in [0.05, 0.1) is 23.3 Å². The summed E-state index contributed by atoms with van der Waals surface area (Å²) < 4.78 is 12.6. The van der Waals surface area contributed by atoms with E-state index in [9.17, 15) is 14.4 Å². The Bertz CT molecular complexity index is 1270. The summed E-state index contributed by atoms with van der Waals surface area (Å²) in [6.07, 6.45) is 0. The van der Waals surface area contributed by atoms with Crippen molar-refractivity contribution >= 4 is 45.9 Å². The molecule has 0 saturated carbocycles. The van der Waals surface area contributed by atoms with Gasteiger partial charge in [0.15, 0.2) is 11.0 Å². The quantitative estimate of drug-likeness (QED) is 0.308. The smallest absolute Gasteiger partial charge is 0.341 e. The first-order valence-corrected chi connectivity index (χ1v) is 12.5. The van der Waals surface area contributed by atoms with Gasteiger partial charge in [-0.25, -0.2) is 4.79 Å². The Morgan fingerprint density at radius 1 is 1.17 bits per heavy atom. The Morgan fingerprint density at radius 2 is 1.91 bits per heavy atom. The molecule has 0 aliphatic carbocycles. The zero-order chi connectivity index (χ0) is 25.7. The number of aryl methyl sites for hydroxylation is 1. The van der Waals surface area contributed by atoms with Crippen molar-refractivity contribution in [3.8, 4) is 5.75 Å². The number of benzene rings is 1. The molecule has 3 N–H and O–H groups in total. The molecule has 1 aromatic carbocycles. The van der Waals surface area contributed by atoms with Crippen molar-refractivity contribution in [3.05, 3.63) is 51.2 Å². The van der Waals surface area contributed by atoms with Crippen LogP contribution in [0.15, 0.2) is 23.4 Å². The van der Waals surface area contributed by atoms with Gasteiger partial charge >= 0.3 is 5.97 Å². The average molecular weight is 518 g/mol. The lowest BCUT2D eigenvalue weighted by Crippen LogP contribution is -2.16. The molecular weight excluding hydrogens is 490 g/mol. The molecule has 10 nitrogen and oxygen atoms in total. The summed E-state index contributed by atoms with van der Waals surface area (Å²) >= 11 is 2.14. The monoisotopic (exact) mass is 517 g/mol. The second-order valence-electron chi connectivity index (χ2n) is 7.58. The van der Waals surface area contributed by atoms with Gasteiger partial charge in [-0.05, 0) is 50.5 Å². The van der Waals surface area contributed by atoms with Crippen molar-refractivity contribution in [2.75, 3.05) is 18.2 Å². The summed E-state index contributed by atoms with van der Waals surface area (Å²) in [6, 6.07) is 5.87. The highest BCUT2D eigenvalue weighted by Gasteiger charge is 2.25. The predicted molar refractivity (Wildman–Crippen MR) is 134 cm³/mol. The standard InChI is InChI=1S/C23H27N5O5S2/c1-6-28-16(10-33-15-9-7-8-12(2)13(15)3)26-27-23(28)34-11-17(29)25-21-18(22(31)32-5)14(4)19(35-21)20(24)30/h7-9H,6,10-11H2,1-5H3,(H2,24,30)(H,25,29). The van der Waals surface area contributed by atoms with Crippen molar-refractivity contribution in [3.63, 3.8) is 0 Å². The van der Waals surface area contributed by atoms with Crippen LogP contribution in [0, 0.1) is 20.8 Å². The Labute approximate surface area is 211 Å². The fraction of sp³-hybridized carbons (Fsp3) is 0.348. The number of ether oxygens (including phenoxy) is 2. The number of hydrogen-bond acceptors (Lipinski definition) is 9. The lowest BCUT2D eigenvalue weighted by atomic mass is 10.1. The fourth-order valence-electron chi connectivity index (χ4n) is 3.35. The summed E-state index contributed by atoms with van der Waals surface area (Å²) in [7, 11) is 1.23. The lowest BCUT2D eigenvalue weighted by molar-refractivity contribution is -0.113. The van der Waals surface area contributed by atoms with E-state index < -0.39 is 11.9 Å². The Kier molecular flexibility index (Phi) is 8.52. The third kappa shape index (κ3) is 5.82. The summed E-state index contributed by atoms with van der Waals surface area (Å²) in [4.78, 5) is 36.7. The number of nitrogens with one attached hydrogen (secondary N) is 1. The summed E-state index contributed by atoms with van der Waals surface area (Å²) in [6.45, 7) is 8.40. The molecule has 0 bridgehead atoms. The molecule has 0 saturated heterocycles. The normalized spacial score (nSPS) is 10.8. The molecular formula is C23H27N5O5S2. The second-order valence-corrected chi connectivity index (χ2v) is 9.55. The van der Waals surface area contributed by atoms with Crippen molar-refractivity contribution in [2.45, 2.75) is 46.0 Å². The lowest BCUT2D eigenvalue weighted by Gasteiger charge is -2.11. The highest BCUT2D eigenvalue weighted by molar-refractivity contribution is 7.99. The SMILES string of the molecule is CCn1c(COc2cccc(C)c2C)nnc1SCC(=O)Nc1sc(C(N)=O)c(C)c1C(=O)OC. The number of thioether (sulfide) groups is 1. The van der Waals surface area contributed by atoms with Crippen LogP contribution in [0.5, 0.6) is 5.75 Å². The van der Waals surface area contributed by atoms with E-state index in [2.05, 4.69) is 15.5 Å². The summed E-state index contributed by atoms with van der Waals surface area (Å²) in [5, 5.41) is 11.9. The Balaban J connectivity index is 1.68. The third-order valence-electron chi connectivity index (χ3n) is 5.37. The molecule has 12 heteroatoms. The van der Waals surface area contributed by atoms with E-state index in [1.807, 2.05) is 43.5 Å². The van der Waals surface area contributed by atoms with Crippen LogP contribution in [-0.4, -0.2) is 45.4 Å². The Hall–Kier alpha value is -3.38. The van der Waals surface area contributed by atoms with Gasteiger partial charge in [0, 0.05) is 6.54 Å².